The van der Waals surface area contributed by atoms with E-state index in [-0.39, 0.29) is 17.4 Å². The first kappa shape index (κ1) is 13.0. The molecular weight excluding hydrogens is 236 g/mol. The first-order valence-corrected chi connectivity index (χ1v) is 7.54. The van der Waals surface area contributed by atoms with E-state index < -0.39 is 0 Å². The van der Waals surface area contributed by atoms with Crippen LogP contribution in [0.2, 0.25) is 0 Å². The van der Waals surface area contributed by atoms with Gasteiger partial charge in [0.25, 0.3) is 0 Å². The molecule has 3 heteroatoms. The van der Waals surface area contributed by atoms with Gasteiger partial charge in [0.2, 0.25) is 5.91 Å². The van der Waals surface area contributed by atoms with Gasteiger partial charge in [-0.25, -0.2) is 0 Å². The molecule has 4 aliphatic carbocycles. The molecular formula is C16H24N2O. The van der Waals surface area contributed by atoms with E-state index in [1.165, 1.54) is 19.3 Å². The molecule has 4 bridgehead atoms. The van der Waals surface area contributed by atoms with Crippen molar-refractivity contribution in [3.05, 3.63) is 0 Å². The molecule has 0 radical (unpaired) electrons. The highest BCUT2D eigenvalue weighted by Gasteiger charge is 2.59. The SMILES string of the molecule is CC(C#N)N(C)C(=O)C12CC3CC(CC(C)(C3)C1)C2. The Kier molecular flexibility index (Phi) is 2.71. The lowest BCUT2D eigenvalue weighted by molar-refractivity contribution is -0.165. The Morgan fingerprint density at radius 2 is 1.89 bits per heavy atom. The van der Waals surface area contributed by atoms with Crippen molar-refractivity contribution in [1.29, 1.82) is 5.26 Å². The monoisotopic (exact) mass is 260 g/mol. The van der Waals surface area contributed by atoms with Crippen molar-refractivity contribution in [2.75, 3.05) is 7.05 Å². The first-order valence-electron chi connectivity index (χ1n) is 7.54. The van der Waals surface area contributed by atoms with Gasteiger partial charge in [0, 0.05) is 7.05 Å². The zero-order valence-electron chi connectivity index (χ0n) is 12.3. The Morgan fingerprint density at radius 1 is 1.32 bits per heavy atom. The summed E-state index contributed by atoms with van der Waals surface area (Å²) in [5.74, 6) is 1.74. The maximum atomic E-state index is 12.9. The molecule has 19 heavy (non-hydrogen) atoms. The van der Waals surface area contributed by atoms with Crippen LogP contribution in [-0.4, -0.2) is 23.9 Å². The van der Waals surface area contributed by atoms with E-state index in [0.29, 0.717) is 5.41 Å². The molecule has 3 nitrogen and oxygen atoms in total. The van der Waals surface area contributed by atoms with Crippen LogP contribution in [0.1, 0.15) is 52.4 Å². The number of carbonyl (C=O) groups excluding carboxylic acids is 1. The summed E-state index contributed by atoms with van der Waals surface area (Å²) in [5, 5.41) is 9.04. The van der Waals surface area contributed by atoms with Crippen molar-refractivity contribution in [2.45, 2.75) is 58.4 Å². The minimum absolute atomic E-state index is 0.140. The first-order chi connectivity index (χ1) is 8.87. The number of rotatable bonds is 2. The molecule has 4 rings (SSSR count). The maximum absolute atomic E-state index is 12.9. The maximum Gasteiger partial charge on any atom is 0.229 e. The molecule has 0 aromatic carbocycles. The highest BCUT2D eigenvalue weighted by Crippen LogP contribution is 2.65. The van der Waals surface area contributed by atoms with E-state index in [9.17, 15) is 4.79 Å². The molecule has 0 aromatic heterocycles. The molecule has 4 aliphatic rings. The van der Waals surface area contributed by atoms with E-state index in [1.807, 2.05) is 6.92 Å². The minimum atomic E-state index is -0.312. The Morgan fingerprint density at radius 3 is 2.37 bits per heavy atom. The van der Waals surface area contributed by atoms with E-state index >= 15 is 0 Å². The quantitative estimate of drug-likeness (QED) is 0.766. The third-order valence-corrected chi connectivity index (χ3v) is 5.90. The van der Waals surface area contributed by atoms with E-state index in [1.54, 1.807) is 11.9 Å². The van der Waals surface area contributed by atoms with Crippen molar-refractivity contribution in [1.82, 2.24) is 4.90 Å². The summed E-state index contributed by atoms with van der Waals surface area (Å²) >= 11 is 0. The number of carbonyl (C=O) groups is 1. The van der Waals surface area contributed by atoms with Crippen LogP contribution in [-0.2, 0) is 4.79 Å². The molecule has 0 aliphatic heterocycles. The molecule has 4 fully saturated rings. The van der Waals surface area contributed by atoms with Gasteiger partial charge in [0.15, 0.2) is 0 Å². The average molecular weight is 260 g/mol. The number of nitriles is 1. The van der Waals surface area contributed by atoms with Gasteiger partial charge >= 0.3 is 0 Å². The lowest BCUT2D eigenvalue weighted by Gasteiger charge is -2.61. The van der Waals surface area contributed by atoms with Gasteiger partial charge in [0.1, 0.15) is 6.04 Å². The Bertz CT molecular complexity index is 436. The summed E-state index contributed by atoms with van der Waals surface area (Å²) in [7, 11) is 1.80. The third kappa shape index (κ3) is 1.88. The summed E-state index contributed by atoms with van der Waals surface area (Å²) in [4.78, 5) is 14.6. The summed E-state index contributed by atoms with van der Waals surface area (Å²) in [5.41, 5.74) is 0.245. The molecule has 0 aromatic rings. The number of amides is 1. The van der Waals surface area contributed by atoms with Crippen molar-refractivity contribution >= 4 is 5.91 Å². The molecule has 4 saturated carbocycles. The number of hydrogen-bond acceptors (Lipinski definition) is 2. The van der Waals surface area contributed by atoms with E-state index in [0.717, 1.165) is 31.1 Å². The van der Waals surface area contributed by atoms with Crippen LogP contribution in [0.3, 0.4) is 0 Å². The smallest absolute Gasteiger partial charge is 0.229 e. The Labute approximate surface area is 116 Å². The summed E-state index contributed by atoms with van der Waals surface area (Å²) in [6.07, 6.45) is 7.16. The zero-order valence-corrected chi connectivity index (χ0v) is 12.3. The van der Waals surface area contributed by atoms with Gasteiger partial charge in [-0.15, -0.1) is 0 Å². The second kappa shape index (κ2) is 3.98. The predicted molar refractivity (Wildman–Crippen MR) is 73.1 cm³/mol. The molecule has 0 saturated heterocycles. The largest absolute Gasteiger partial charge is 0.330 e. The Balaban J connectivity index is 1.88. The molecule has 3 unspecified atom stereocenters. The van der Waals surface area contributed by atoms with Crippen LogP contribution < -0.4 is 0 Å². The molecule has 0 N–H and O–H groups in total. The van der Waals surface area contributed by atoms with Crippen molar-refractivity contribution < 1.29 is 4.79 Å². The van der Waals surface area contributed by atoms with Gasteiger partial charge in [-0.3, -0.25) is 4.79 Å². The van der Waals surface area contributed by atoms with Gasteiger partial charge < -0.3 is 4.90 Å². The average Bonchev–Trinajstić information content (AvgIpc) is 2.33. The molecule has 3 atom stereocenters. The Hall–Kier alpha value is -1.04. The fourth-order valence-corrected chi connectivity index (χ4v) is 5.61. The van der Waals surface area contributed by atoms with E-state index in [2.05, 4.69) is 13.0 Å². The van der Waals surface area contributed by atoms with Crippen LogP contribution in [0.25, 0.3) is 0 Å². The molecule has 0 spiro atoms. The van der Waals surface area contributed by atoms with Crippen molar-refractivity contribution in [3.63, 3.8) is 0 Å². The second-order valence-electron chi connectivity index (χ2n) is 7.77. The zero-order chi connectivity index (χ0) is 13.8. The van der Waals surface area contributed by atoms with Crippen LogP contribution in [0.5, 0.6) is 0 Å². The minimum Gasteiger partial charge on any atom is -0.330 e. The van der Waals surface area contributed by atoms with Gasteiger partial charge in [-0.1, -0.05) is 6.92 Å². The standard InChI is InChI=1S/C16H24N2O/c1-11(9-17)18(3)14(19)16-7-12-4-13(8-16)6-15(2,5-12)10-16/h11-13H,4-8,10H2,1-3H3. The van der Waals surface area contributed by atoms with Gasteiger partial charge in [-0.2, -0.15) is 5.26 Å². The van der Waals surface area contributed by atoms with Crippen LogP contribution in [0.15, 0.2) is 0 Å². The normalized spacial score (nSPS) is 44.7. The highest BCUT2D eigenvalue weighted by molar-refractivity contribution is 5.83. The highest BCUT2D eigenvalue weighted by atomic mass is 16.2. The molecule has 0 heterocycles. The lowest BCUT2D eigenvalue weighted by Crippen LogP contribution is -2.57. The topological polar surface area (TPSA) is 44.1 Å². The predicted octanol–water partition coefficient (Wildman–Crippen LogP) is 2.96. The van der Waals surface area contributed by atoms with Crippen LogP contribution in [0.4, 0.5) is 0 Å². The fraction of sp³-hybridized carbons (Fsp3) is 0.875. The van der Waals surface area contributed by atoms with Gasteiger partial charge in [-0.05, 0) is 62.7 Å². The van der Waals surface area contributed by atoms with Crippen molar-refractivity contribution in [2.24, 2.45) is 22.7 Å². The summed E-state index contributed by atoms with van der Waals surface area (Å²) < 4.78 is 0. The number of nitrogens with zero attached hydrogens (tertiary/aromatic N) is 2. The third-order valence-electron chi connectivity index (χ3n) is 5.90. The summed E-state index contributed by atoms with van der Waals surface area (Å²) in [6, 6.07) is 1.88. The van der Waals surface area contributed by atoms with Crippen LogP contribution >= 0.6 is 0 Å². The molecule has 1 amide bonds. The fourth-order valence-electron chi connectivity index (χ4n) is 5.61. The lowest BCUT2D eigenvalue weighted by atomic mass is 9.44. The number of hydrogen-bond donors (Lipinski definition) is 0. The summed E-state index contributed by atoms with van der Waals surface area (Å²) in [6.45, 7) is 4.19. The van der Waals surface area contributed by atoms with Crippen LogP contribution in [0, 0.1) is 34.0 Å². The molecule has 104 valence electrons. The van der Waals surface area contributed by atoms with Gasteiger partial charge in [0.05, 0.1) is 11.5 Å². The second-order valence-corrected chi connectivity index (χ2v) is 7.77. The van der Waals surface area contributed by atoms with E-state index in [4.69, 9.17) is 5.26 Å². The van der Waals surface area contributed by atoms with Crippen molar-refractivity contribution in [3.8, 4) is 6.07 Å².